The van der Waals surface area contributed by atoms with Crippen LogP contribution in [0, 0.1) is 0 Å². The van der Waals surface area contributed by atoms with E-state index in [1.54, 1.807) is 0 Å². The summed E-state index contributed by atoms with van der Waals surface area (Å²) in [5, 5.41) is 3.42. The normalized spacial score (nSPS) is 18.6. The van der Waals surface area contributed by atoms with Crippen molar-refractivity contribution in [3.63, 3.8) is 0 Å². The zero-order valence-electron chi connectivity index (χ0n) is 11.5. The van der Waals surface area contributed by atoms with Crippen molar-refractivity contribution >= 4 is 0 Å². The first kappa shape index (κ1) is 13.6. The van der Waals surface area contributed by atoms with Crippen LogP contribution in [0.15, 0.2) is 24.3 Å². The van der Waals surface area contributed by atoms with Gasteiger partial charge in [0.2, 0.25) is 0 Å². The van der Waals surface area contributed by atoms with Gasteiger partial charge in [0.1, 0.15) is 0 Å². The van der Waals surface area contributed by atoms with E-state index in [-0.39, 0.29) is 0 Å². The first-order valence-electron chi connectivity index (χ1n) is 7.32. The lowest BCUT2D eigenvalue weighted by Gasteiger charge is -2.25. The largest absolute Gasteiger partial charge is 0.372 e. The minimum Gasteiger partial charge on any atom is -0.372 e. The summed E-state index contributed by atoms with van der Waals surface area (Å²) in [6, 6.07) is 8.72. The molecule has 0 fully saturated rings. The van der Waals surface area contributed by atoms with E-state index in [1.165, 1.54) is 43.2 Å². The van der Waals surface area contributed by atoms with Crippen LogP contribution in [0.2, 0.25) is 0 Å². The van der Waals surface area contributed by atoms with Crippen molar-refractivity contribution < 1.29 is 4.74 Å². The van der Waals surface area contributed by atoms with Gasteiger partial charge < -0.3 is 10.1 Å². The van der Waals surface area contributed by atoms with Crippen molar-refractivity contribution in [1.82, 2.24) is 5.32 Å². The summed E-state index contributed by atoms with van der Waals surface area (Å²) in [5.41, 5.74) is 2.89. The molecular weight excluding hydrogens is 222 g/mol. The molecule has 1 atom stereocenters. The molecule has 1 aliphatic rings. The third-order valence-corrected chi connectivity index (χ3v) is 3.62. The van der Waals surface area contributed by atoms with Gasteiger partial charge >= 0.3 is 0 Å². The molecule has 2 heteroatoms. The summed E-state index contributed by atoms with van der Waals surface area (Å²) in [5.74, 6) is 0. The maximum Gasteiger partial charge on any atom is 0.0828 e. The second-order valence-electron chi connectivity index (χ2n) is 5.05. The number of unbranched alkanes of at least 4 members (excludes halogenated alkanes) is 1. The molecule has 0 aliphatic heterocycles. The quantitative estimate of drug-likeness (QED) is 0.745. The number of rotatable bonds is 7. The van der Waals surface area contributed by atoms with Gasteiger partial charge in [0.05, 0.1) is 12.7 Å². The smallest absolute Gasteiger partial charge is 0.0828 e. The Bertz CT molecular complexity index is 351. The van der Waals surface area contributed by atoms with Gasteiger partial charge in [-0.3, -0.25) is 0 Å². The standard InChI is InChI=1S/C16H25NO/c1-2-3-11-17-12-13-18-16-10-6-8-14-7-4-5-9-15(14)16/h4-5,7,9,16-17H,2-3,6,8,10-13H2,1H3. The maximum atomic E-state index is 6.03. The molecule has 0 spiro atoms. The number of fused-ring (bicyclic) bond motifs is 1. The summed E-state index contributed by atoms with van der Waals surface area (Å²) in [7, 11) is 0. The van der Waals surface area contributed by atoms with E-state index in [1.807, 2.05) is 0 Å². The van der Waals surface area contributed by atoms with Gasteiger partial charge in [-0.1, -0.05) is 37.6 Å². The average molecular weight is 247 g/mol. The fourth-order valence-corrected chi connectivity index (χ4v) is 2.58. The van der Waals surface area contributed by atoms with Crippen LogP contribution in [0.1, 0.15) is 49.8 Å². The molecule has 0 saturated heterocycles. The van der Waals surface area contributed by atoms with Crippen LogP contribution >= 0.6 is 0 Å². The molecule has 0 aromatic heterocycles. The van der Waals surface area contributed by atoms with Crippen molar-refractivity contribution in [3.8, 4) is 0 Å². The molecule has 0 heterocycles. The average Bonchev–Trinajstić information content (AvgIpc) is 2.43. The van der Waals surface area contributed by atoms with Crippen LogP contribution in [-0.4, -0.2) is 19.7 Å². The van der Waals surface area contributed by atoms with E-state index in [9.17, 15) is 0 Å². The van der Waals surface area contributed by atoms with Gasteiger partial charge in [0, 0.05) is 6.54 Å². The first-order valence-corrected chi connectivity index (χ1v) is 7.32. The Kier molecular flexibility index (Phi) is 5.69. The number of nitrogens with one attached hydrogen (secondary N) is 1. The zero-order chi connectivity index (χ0) is 12.6. The molecule has 1 aliphatic carbocycles. The number of benzene rings is 1. The van der Waals surface area contributed by atoms with E-state index >= 15 is 0 Å². The Balaban J connectivity index is 1.74. The first-order chi connectivity index (χ1) is 8.92. The Hall–Kier alpha value is -0.860. The maximum absolute atomic E-state index is 6.03. The van der Waals surface area contributed by atoms with Crippen molar-refractivity contribution in [2.75, 3.05) is 19.7 Å². The minimum atomic E-state index is 0.322. The van der Waals surface area contributed by atoms with Gasteiger partial charge in [-0.25, -0.2) is 0 Å². The van der Waals surface area contributed by atoms with Crippen LogP contribution in [0.3, 0.4) is 0 Å². The highest BCUT2D eigenvalue weighted by atomic mass is 16.5. The third kappa shape index (κ3) is 3.82. The lowest BCUT2D eigenvalue weighted by molar-refractivity contribution is 0.0427. The molecule has 0 bridgehead atoms. The second kappa shape index (κ2) is 7.55. The van der Waals surface area contributed by atoms with Crippen LogP contribution < -0.4 is 5.32 Å². The van der Waals surface area contributed by atoms with Crippen LogP contribution in [-0.2, 0) is 11.2 Å². The lowest BCUT2D eigenvalue weighted by atomic mass is 9.89. The summed E-state index contributed by atoms with van der Waals surface area (Å²) >= 11 is 0. The monoisotopic (exact) mass is 247 g/mol. The molecule has 0 amide bonds. The molecule has 0 radical (unpaired) electrons. The predicted molar refractivity (Wildman–Crippen MR) is 75.9 cm³/mol. The Morgan fingerprint density at radius 3 is 3.06 bits per heavy atom. The van der Waals surface area contributed by atoms with Gasteiger partial charge in [-0.05, 0) is 43.4 Å². The molecule has 2 rings (SSSR count). The van der Waals surface area contributed by atoms with Crippen molar-refractivity contribution in [2.45, 2.75) is 45.1 Å². The fraction of sp³-hybridized carbons (Fsp3) is 0.625. The van der Waals surface area contributed by atoms with Gasteiger partial charge in [0.15, 0.2) is 0 Å². The Labute approximate surface area is 111 Å². The lowest BCUT2D eigenvalue weighted by Crippen LogP contribution is -2.23. The molecule has 100 valence electrons. The molecule has 2 nitrogen and oxygen atoms in total. The van der Waals surface area contributed by atoms with Gasteiger partial charge in [-0.2, -0.15) is 0 Å². The molecule has 1 aromatic carbocycles. The van der Waals surface area contributed by atoms with E-state index in [0.717, 1.165) is 19.7 Å². The summed E-state index contributed by atoms with van der Waals surface area (Å²) < 4.78 is 6.03. The molecule has 1 N–H and O–H groups in total. The second-order valence-corrected chi connectivity index (χ2v) is 5.05. The minimum absolute atomic E-state index is 0.322. The Morgan fingerprint density at radius 2 is 2.17 bits per heavy atom. The molecule has 1 unspecified atom stereocenters. The highest BCUT2D eigenvalue weighted by Crippen LogP contribution is 2.31. The highest BCUT2D eigenvalue weighted by Gasteiger charge is 2.19. The van der Waals surface area contributed by atoms with Crippen LogP contribution in [0.4, 0.5) is 0 Å². The van der Waals surface area contributed by atoms with Crippen molar-refractivity contribution in [2.24, 2.45) is 0 Å². The fourth-order valence-electron chi connectivity index (χ4n) is 2.58. The van der Waals surface area contributed by atoms with E-state index in [4.69, 9.17) is 4.74 Å². The van der Waals surface area contributed by atoms with Gasteiger partial charge in [0.25, 0.3) is 0 Å². The molecule has 1 aromatic rings. The SMILES string of the molecule is CCCCNCCOC1CCCc2ccccc21. The van der Waals surface area contributed by atoms with E-state index in [0.29, 0.717) is 6.10 Å². The summed E-state index contributed by atoms with van der Waals surface area (Å²) in [4.78, 5) is 0. The topological polar surface area (TPSA) is 21.3 Å². The van der Waals surface area contributed by atoms with Crippen molar-refractivity contribution in [3.05, 3.63) is 35.4 Å². The highest BCUT2D eigenvalue weighted by molar-refractivity contribution is 5.31. The van der Waals surface area contributed by atoms with Gasteiger partial charge in [-0.15, -0.1) is 0 Å². The van der Waals surface area contributed by atoms with Crippen LogP contribution in [0.5, 0.6) is 0 Å². The van der Waals surface area contributed by atoms with Crippen LogP contribution in [0.25, 0.3) is 0 Å². The zero-order valence-corrected chi connectivity index (χ0v) is 11.5. The number of hydrogen-bond donors (Lipinski definition) is 1. The third-order valence-electron chi connectivity index (χ3n) is 3.62. The molecule has 18 heavy (non-hydrogen) atoms. The summed E-state index contributed by atoms with van der Waals surface area (Å²) in [6.07, 6.45) is 6.47. The predicted octanol–water partition coefficient (Wildman–Crippen LogP) is 3.47. The molecular formula is C16H25NO. The number of ether oxygens (including phenoxy) is 1. The summed E-state index contributed by atoms with van der Waals surface area (Å²) in [6.45, 7) is 5.12. The van der Waals surface area contributed by atoms with Crippen molar-refractivity contribution in [1.29, 1.82) is 0 Å². The molecule has 0 saturated carbocycles. The van der Waals surface area contributed by atoms with E-state index in [2.05, 4.69) is 36.5 Å². The number of aryl methyl sites for hydroxylation is 1. The number of hydrogen-bond acceptors (Lipinski definition) is 2. The van der Waals surface area contributed by atoms with E-state index < -0.39 is 0 Å². The Morgan fingerprint density at radius 1 is 1.28 bits per heavy atom.